The number of nitrogens with one attached hydrogen (secondary N) is 2. The van der Waals surface area contributed by atoms with Crippen molar-refractivity contribution in [1.29, 1.82) is 0 Å². The minimum absolute atomic E-state index is 0.214. The number of carbonyl (C=O) groups excluding carboxylic acids is 2. The predicted molar refractivity (Wildman–Crippen MR) is 157 cm³/mol. The van der Waals surface area contributed by atoms with Crippen LogP contribution in [0.4, 0.5) is 11.4 Å². The molecule has 0 bridgehead atoms. The molecular weight excluding hydrogens is 516 g/mol. The molecule has 4 aromatic carbocycles. The second-order valence-corrected chi connectivity index (χ2v) is 9.95. The van der Waals surface area contributed by atoms with E-state index in [1.165, 1.54) is 0 Å². The van der Waals surface area contributed by atoms with Gasteiger partial charge in [0.2, 0.25) is 0 Å². The van der Waals surface area contributed by atoms with Crippen LogP contribution in [-0.2, 0) is 0 Å². The maximum absolute atomic E-state index is 12.8. The minimum atomic E-state index is -0.214. The molecule has 0 aromatic heterocycles. The number of amides is 2. The normalized spacial score (nSPS) is 10.5. The predicted octanol–water partition coefficient (Wildman–Crippen LogP) is 7.32. The lowest BCUT2D eigenvalue weighted by molar-refractivity contribution is 0.101. The highest BCUT2D eigenvalue weighted by molar-refractivity contribution is 7.98. The average Bonchev–Trinajstić information content (AvgIpc) is 2.97. The van der Waals surface area contributed by atoms with Gasteiger partial charge in [0.1, 0.15) is 11.5 Å². The molecule has 0 aliphatic carbocycles. The Morgan fingerprint density at radius 2 is 0.947 bits per heavy atom. The molecule has 6 nitrogen and oxygen atoms in total. The van der Waals surface area contributed by atoms with E-state index in [2.05, 4.69) is 10.6 Å². The maximum atomic E-state index is 12.8. The third kappa shape index (κ3) is 6.33. The lowest BCUT2D eigenvalue weighted by Crippen LogP contribution is -2.12. The molecule has 0 unspecified atom stereocenters. The molecule has 0 aliphatic rings. The van der Waals surface area contributed by atoms with Crippen LogP contribution in [-0.4, -0.2) is 38.5 Å². The summed E-state index contributed by atoms with van der Waals surface area (Å²) >= 11 is 3.25. The molecule has 0 radical (unpaired) electrons. The summed E-state index contributed by atoms with van der Waals surface area (Å²) in [5.74, 6) is 0.630. The fraction of sp³-hybridized carbons (Fsp3) is 0.133. The van der Waals surface area contributed by atoms with Crippen LogP contribution in [0.3, 0.4) is 0 Å². The number of hydrogen-bond donors (Lipinski definition) is 2. The zero-order valence-electron chi connectivity index (χ0n) is 21.5. The van der Waals surface area contributed by atoms with Crippen molar-refractivity contribution in [1.82, 2.24) is 0 Å². The van der Waals surface area contributed by atoms with Gasteiger partial charge in [-0.05, 0) is 96.4 Å². The van der Waals surface area contributed by atoms with E-state index in [-0.39, 0.29) is 11.8 Å². The van der Waals surface area contributed by atoms with Crippen LogP contribution in [0.2, 0.25) is 0 Å². The van der Waals surface area contributed by atoms with Crippen LogP contribution in [0.25, 0.3) is 11.1 Å². The molecule has 194 valence electrons. The van der Waals surface area contributed by atoms with Gasteiger partial charge in [0.05, 0.1) is 25.6 Å². The van der Waals surface area contributed by atoms with Gasteiger partial charge in [-0.3, -0.25) is 9.59 Å². The summed E-state index contributed by atoms with van der Waals surface area (Å²) in [4.78, 5) is 27.7. The number of methoxy groups -OCH3 is 2. The van der Waals surface area contributed by atoms with E-state index in [9.17, 15) is 9.59 Å². The summed E-state index contributed by atoms with van der Waals surface area (Å²) in [6, 6.07) is 26.0. The van der Waals surface area contributed by atoms with Crippen molar-refractivity contribution < 1.29 is 19.1 Å². The van der Waals surface area contributed by atoms with E-state index in [1.54, 1.807) is 62.0 Å². The minimum Gasteiger partial charge on any atom is -0.495 e. The van der Waals surface area contributed by atoms with Gasteiger partial charge < -0.3 is 20.1 Å². The number of ether oxygens (including phenoxy) is 2. The molecule has 4 rings (SSSR count). The fourth-order valence-electron chi connectivity index (χ4n) is 3.82. The first kappa shape index (κ1) is 27.2. The molecule has 8 heteroatoms. The molecule has 0 heterocycles. The standard InChI is InChI=1S/C30H28N2O4S2/c1-35-27-17-21(9-15-25(27)31-29(33)19-5-11-23(37-3)12-6-19)22-10-16-26(28(18-22)36-2)32-30(34)20-7-13-24(38-4)14-8-20/h5-18H,1-4H3,(H,31,33)(H,32,34). The first-order valence-electron chi connectivity index (χ1n) is 11.7. The van der Waals surface area contributed by atoms with Gasteiger partial charge in [-0.15, -0.1) is 23.5 Å². The van der Waals surface area contributed by atoms with Crippen molar-refractivity contribution in [3.05, 3.63) is 96.1 Å². The molecule has 4 aromatic rings. The van der Waals surface area contributed by atoms with Crippen molar-refractivity contribution in [2.75, 3.05) is 37.4 Å². The van der Waals surface area contributed by atoms with E-state index in [4.69, 9.17) is 9.47 Å². The second-order valence-electron chi connectivity index (χ2n) is 8.20. The van der Waals surface area contributed by atoms with Crippen LogP contribution >= 0.6 is 23.5 Å². The molecule has 2 N–H and O–H groups in total. The van der Waals surface area contributed by atoms with Gasteiger partial charge in [-0.25, -0.2) is 0 Å². The number of rotatable bonds is 9. The monoisotopic (exact) mass is 544 g/mol. The van der Waals surface area contributed by atoms with Gasteiger partial charge in [-0.1, -0.05) is 12.1 Å². The summed E-state index contributed by atoms with van der Waals surface area (Å²) in [7, 11) is 3.12. The van der Waals surface area contributed by atoms with Crippen molar-refractivity contribution in [3.8, 4) is 22.6 Å². The highest BCUT2D eigenvalue weighted by atomic mass is 32.2. The molecule has 2 amide bonds. The topological polar surface area (TPSA) is 76.7 Å². The van der Waals surface area contributed by atoms with Gasteiger partial charge in [0.25, 0.3) is 11.8 Å². The number of carbonyl (C=O) groups is 2. The Morgan fingerprint density at radius 1 is 0.579 bits per heavy atom. The van der Waals surface area contributed by atoms with E-state index >= 15 is 0 Å². The third-order valence-electron chi connectivity index (χ3n) is 5.94. The van der Waals surface area contributed by atoms with E-state index in [1.807, 2.05) is 73.2 Å². The summed E-state index contributed by atoms with van der Waals surface area (Å²) in [5.41, 5.74) is 4.01. The summed E-state index contributed by atoms with van der Waals surface area (Å²) in [5, 5.41) is 5.85. The molecule has 0 saturated heterocycles. The van der Waals surface area contributed by atoms with Crippen molar-refractivity contribution in [2.45, 2.75) is 9.79 Å². The summed E-state index contributed by atoms with van der Waals surface area (Å²) in [6.07, 6.45) is 3.98. The van der Waals surface area contributed by atoms with Crippen molar-refractivity contribution >= 4 is 46.7 Å². The lowest BCUT2D eigenvalue weighted by atomic mass is 10.0. The van der Waals surface area contributed by atoms with Crippen LogP contribution in [0, 0.1) is 0 Å². The smallest absolute Gasteiger partial charge is 0.255 e. The molecule has 0 atom stereocenters. The second kappa shape index (κ2) is 12.6. The number of thioether (sulfide) groups is 2. The zero-order chi connectivity index (χ0) is 27.1. The highest BCUT2D eigenvalue weighted by Crippen LogP contribution is 2.35. The highest BCUT2D eigenvalue weighted by Gasteiger charge is 2.14. The van der Waals surface area contributed by atoms with Gasteiger partial charge in [0, 0.05) is 20.9 Å². The van der Waals surface area contributed by atoms with Crippen LogP contribution in [0.1, 0.15) is 20.7 Å². The maximum Gasteiger partial charge on any atom is 0.255 e. The van der Waals surface area contributed by atoms with Gasteiger partial charge >= 0.3 is 0 Å². The molecule has 0 spiro atoms. The Balaban J connectivity index is 1.52. The Hall–Kier alpha value is -3.88. The molecule has 0 aliphatic heterocycles. The Labute approximate surface area is 231 Å². The zero-order valence-corrected chi connectivity index (χ0v) is 23.2. The fourth-order valence-corrected chi connectivity index (χ4v) is 4.64. The van der Waals surface area contributed by atoms with E-state index in [0.29, 0.717) is 34.0 Å². The number of hydrogen-bond acceptors (Lipinski definition) is 6. The van der Waals surface area contributed by atoms with Crippen LogP contribution in [0.15, 0.2) is 94.7 Å². The Bertz CT molecular complexity index is 1330. The largest absolute Gasteiger partial charge is 0.495 e. The lowest BCUT2D eigenvalue weighted by Gasteiger charge is -2.15. The van der Waals surface area contributed by atoms with Gasteiger partial charge in [0.15, 0.2) is 0 Å². The van der Waals surface area contributed by atoms with Crippen molar-refractivity contribution in [3.63, 3.8) is 0 Å². The van der Waals surface area contributed by atoms with Crippen LogP contribution in [0.5, 0.6) is 11.5 Å². The number of benzene rings is 4. The Kier molecular flexibility index (Phi) is 8.99. The first-order valence-corrected chi connectivity index (χ1v) is 14.2. The van der Waals surface area contributed by atoms with Crippen LogP contribution < -0.4 is 20.1 Å². The molecule has 38 heavy (non-hydrogen) atoms. The molecule has 0 fully saturated rings. The Morgan fingerprint density at radius 3 is 1.26 bits per heavy atom. The first-order chi connectivity index (χ1) is 18.4. The molecular formula is C30H28N2O4S2. The SMILES string of the molecule is COc1cc(-c2ccc(NC(=O)c3ccc(SC)cc3)c(OC)c2)ccc1NC(=O)c1ccc(SC)cc1. The van der Waals surface area contributed by atoms with E-state index in [0.717, 1.165) is 20.9 Å². The quantitative estimate of drug-likeness (QED) is 0.215. The van der Waals surface area contributed by atoms with Gasteiger partial charge in [-0.2, -0.15) is 0 Å². The average molecular weight is 545 g/mol. The molecule has 0 saturated carbocycles. The number of anilines is 2. The van der Waals surface area contributed by atoms with Crippen molar-refractivity contribution in [2.24, 2.45) is 0 Å². The van der Waals surface area contributed by atoms with E-state index < -0.39 is 0 Å². The summed E-state index contributed by atoms with van der Waals surface area (Å²) in [6.45, 7) is 0. The summed E-state index contributed by atoms with van der Waals surface area (Å²) < 4.78 is 11.1. The third-order valence-corrected chi connectivity index (χ3v) is 7.42.